The normalized spacial score (nSPS) is 9.64. The molecule has 4 nitrogen and oxygen atoms in total. The summed E-state index contributed by atoms with van der Waals surface area (Å²) < 4.78 is 0. The second-order valence-corrected chi connectivity index (χ2v) is 5.33. The van der Waals surface area contributed by atoms with Gasteiger partial charge in [0.05, 0.1) is 0 Å². The van der Waals surface area contributed by atoms with Crippen molar-refractivity contribution >= 4 is 10.9 Å². The minimum absolute atomic E-state index is 0.870. The number of hydrazine groups is 1. The Bertz CT molecular complexity index is 401. The first-order valence-electron chi connectivity index (χ1n) is 8.44. The summed E-state index contributed by atoms with van der Waals surface area (Å²) in [6.45, 7) is 3.13. The van der Waals surface area contributed by atoms with Crippen LogP contribution in [-0.2, 0) is 0 Å². The molecule has 1 aromatic heterocycles. The molecule has 0 fully saturated rings. The van der Waals surface area contributed by atoms with Gasteiger partial charge in [0.25, 0.3) is 0 Å². The molecule has 0 amide bonds. The lowest BCUT2D eigenvalue weighted by molar-refractivity contribution is 0.578. The summed E-state index contributed by atoms with van der Waals surface area (Å²) in [5.41, 5.74) is 6.60. The van der Waals surface area contributed by atoms with Crippen LogP contribution in [0.5, 0.6) is 0 Å². The lowest BCUT2D eigenvalue weighted by atomic mass is 10.1. The van der Waals surface area contributed by atoms with Crippen LogP contribution in [0.3, 0.4) is 0 Å². The Morgan fingerprint density at radius 2 is 1.41 bits per heavy atom. The largest absolute Gasteiger partial charge is 0.361 e. The average molecular weight is 306 g/mol. The molecule has 22 heavy (non-hydrogen) atoms. The van der Waals surface area contributed by atoms with Gasteiger partial charge in [0, 0.05) is 11.7 Å². The molecule has 0 bridgehead atoms. The Balaban J connectivity index is 0.000000363. The number of aromatic nitrogens is 1. The molecule has 0 saturated carbocycles. The summed E-state index contributed by atoms with van der Waals surface area (Å²) in [7, 11) is 0. The van der Waals surface area contributed by atoms with Gasteiger partial charge in [-0.15, -0.1) is 0 Å². The Morgan fingerprint density at radius 3 is 2.00 bits per heavy atom. The maximum absolute atomic E-state index is 5.39. The van der Waals surface area contributed by atoms with Gasteiger partial charge in [-0.05, 0) is 30.5 Å². The fraction of sp³-hybridized carbons (Fsp3) is 0.556. The van der Waals surface area contributed by atoms with Gasteiger partial charge in [-0.1, -0.05) is 70.1 Å². The molecule has 1 aromatic carbocycles. The summed E-state index contributed by atoms with van der Waals surface area (Å²) in [6.07, 6.45) is 12.9. The first kappa shape index (κ1) is 20.6. The van der Waals surface area contributed by atoms with Crippen molar-refractivity contribution in [2.75, 3.05) is 6.54 Å². The predicted molar refractivity (Wildman–Crippen MR) is 98.3 cm³/mol. The number of H-pyrrole nitrogens is 1. The van der Waals surface area contributed by atoms with Crippen molar-refractivity contribution in [1.29, 1.82) is 0 Å². The van der Waals surface area contributed by atoms with E-state index in [4.69, 9.17) is 5.73 Å². The minimum Gasteiger partial charge on any atom is -0.361 e. The SMILES string of the molecule is CCCCCCCCCCN.NN.c1ccc2[nH]ccc2c1. The molecule has 7 N–H and O–H groups in total. The number of fused-ring (bicyclic) bond motifs is 1. The van der Waals surface area contributed by atoms with E-state index in [2.05, 4.69) is 41.8 Å². The van der Waals surface area contributed by atoms with E-state index in [1.54, 1.807) is 0 Å². The van der Waals surface area contributed by atoms with Crippen LogP contribution in [0, 0.1) is 0 Å². The van der Waals surface area contributed by atoms with Gasteiger partial charge in [0.1, 0.15) is 0 Å². The van der Waals surface area contributed by atoms with Crippen LogP contribution in [0.2, 0.25) is 0 Å². The van der Waals surface area contributed by atoms with Crippen molar-refractivity contribution < 1.29 is 0 Å². The quantitative estimate of drug-likeness (QED) is 0.336. The number of benzene rings is 1. The lowest BCUT2D eigenvalue weighted by Gasteiger charge is -1.99. The van der Waals surface area contributed by atoms with Gasteiger partial charge < -0.3 is 10.7 Å². The van der Waals surface area contributed by atoms with Crippen LogP contribution in [-0.4, -0.2) is 11.5 Å². The van der Waals surface area contributed by atoms with E-state index in [1.807, 2.05) is 18.3 Å². The standard InChI is InChI=1S/C10H23N.C8H7N.H4N2/c1-2-3-4-5-6-7-8-9-10-11;1-2-4-8-7(3-1)5-6-9-8;1-2/h2-11H2,1H3;1-6,9H;1-2H2. The van der Waals surface area contributed by atoms with Crippen molar-refractivity contribution in [2.45, 2.75) is 58.3 Å². The molecule has 0 spiro atoms. The van der Waals surface area contributed by atoms with Crippen LogP contribution < -0.4 is 17.4 Å². The summed E-state index contributed by atoms with van der Waals surface area (Å²) in [5.74, 6) is 8.00. The van der Waals surface area contributed by atoms with Crippen molar-refractivity contribution in [3.63, 3.8) is 0 Å². The molecule has 0 aliphatic rings. The first-order chi connectivity index (χ1) is 10.9. The maximum Gasteiger partial charge on any atom is 0.0453 e. The smallest absolute Gasteiger partial charge is 0.0453 e. The number of unbranched alkanes of at least 4 members (excludes halogenated alkanes) is 7. The van der Waals surface area contributed by atoms with E-state index < -0.39 is 0 Å². The summed E-state index contributed by atoms with van der Waals surface area (Å²) in [4.78, 5) is 3.12. The zero-order chi connectivity index (χ0) is 16.5. The van der Waals surface area contributed by atoms with Crippen LogP contribution in [0.25, 0.3) is 10.9 Å². The van der Waals surface area contributed by atoms with E-state index in [0.717, 1.165) is 6.54 Å². The van der Waals surface area contributed by atoms with Crippen molar-refractivity contribution in [1.82, 2.24) is 4.98 Å². The van der Waals surface area contributed by atoms with E-state index >= 15 is 0 Å². The molecule has 0 saturated heterocycles. The predicted octanol–water partition coefficient (Wildman–Crippen LogP) is 4.07. The number of rotatable bonds is 8. The summed E-state index contributed by atoms with van der Waals surface area (Å²) >= 11 is 0. The average Bonchev–Trinajstić information content (AvgIpc) is 3.05. The van der Waals surface area contributed by atoms with E-state index in [0.29, 0.717) is 0 Å². The highest BCUT2D eigenvalue weighted by Gasteiger charge is 1.89. The number of aromatic amines is 1. The van der Waals surface area contributed by atoms with Gasteiger partial charge in [-0.3, -0.25) is 11.7 Å². The second-order valence-electron chi connectivity index (χ2n) is 5.33. The molecule has 0 atom stereocenters. The molecule has 0 aliphatic heterocycles. The minimum atomic E-state index is 0.870. The molecule has 0 aliphatic carbocycles. The topological polar surface area (TPSA) is 93.8 Å². The highest BCUT2D eigenvalue weighted by Crippen LogP contribution is 2.09. The molecular weight excluding hydrogens is 272 g/mol. The highest BCUT2D eigenvalue weighted by molar-refractivity contribution is 5.78. The molecule has 0 unspecified atom stereocenters. The number of nitrogens with two attached hydrogens (primary N) is 3. The molecule has 2 aromatic rings. The zero-order valence-corrected chi connectivity index (χ0v) is 14.1. The van der Waals surface area contributed by atoms with E-state index in [1.165, 1.54) is 62.3 Å². The summed E-state index contributed by atoms with van der Waals surface area (Å²) in [5, 5.41) is 1.28. The Morgan fingerprint density at radius 1 is 0.818 bits per heavy atom. The van der Waals surface area contributed by atoms with Crippen LogP contribution >= 0.6 is 0 Å². The van der Waals surface area contributed by atoms with E-state index in [-0.39, 0.29) is 0 Å². The Hall–Kier alpha value is -1.36. The number of hydrogen-bond donors (Lipinski definition) is 4. The highest BCUT2D eigenvalue weighted by atomic mass is 15.0. The first-order valence-corrected chi connectivity index (χ1v) is 8.44. The third-order valence-corrected chi connectivity index (χ3v) is 3.52. The molecular formula is C18H34N4. The molecule has 126 valence electrons. The summed E-state index contributed by atoms with van der Waals surface area (Å²) in [6, 6.07) is 10.3. The fourth-order valence-corrected chi connectivity index (χ4v) is 2.27. The van der Waals surface area contributed by atoms with Crippen LogP contribution in [0.1, 0.15) is 58.3 Å². The van der Waals surface area contributed by atoms with Crippen molar-refractivity contribution in [3.8, 4) is 0 Å². The Labute approximate surface area is 135 Å². The van der Waals surface area contributed by atoms with Crippen LogP contribution in [0.4, 0.5) is 0 Å². The Kier molecular flexibility index (Phi) is 15.0. The monoisotopic (exact) mass is 306 g/mol. The van der Waals surface area contributed by atoms with Gasteiger partial charge >= 0.3 is 0 Å². The second kappa shape index (κ2) is 16.0. The molecule has 0 radical (unpaired) electrons. The maximum atomic E-state index is 5.39. The van der Waals surface area contributed by atoms with Gasteiger partial charge in [0.2, 0.25) is 0 Å². The number of nitrogens with one attached hydrogen (secondary N) is 1. The molecule has 4 heteroatoms. The van der Waals surface area contributed by atoms with Crippen molar-refractivity contribution in [2.24, 2.45) is 17.4 Å². The van der Waals surface area contributed by atoms with E-state index in [9.17, 15) is 0 Å². The third kappa shape index (κ3) is 10.4. The van der Waals surface area contributed by atoms with Gasteiger partial charge in [-0.25, -0.2) is 0 Å². The van der Waals surface area contributed by atoms with Gasteiger partial charge in [0.15, 0.2) is 0 Å². The fourth-order valence-electron chi connectivity index (χ4n) is 2.27. The lowest BCUT2D eigenvalue weighted by Crippen LogP contribution is -2.02. The molecule has 2 rings (SSSR count). The van der Waals surface area contributed by atoms with Crippen LogP contribution in [0.15, 0.2) is 36.5 Å². The van der Waals surface area contributed by atoms with Crippen molar-refractivity contribution in [3.05, 3.63) is 36.5 Å². The zero-order valence-electron chi connectivity index (χ0n) is 14.1. The number of hydrogen-bond acceptors (Lipinski definition) is 3. The van der Waals surface area contributed by atoms with Gasteiger partial charge in [-0.2, -0.15) is 0 Å². The molecule has 1 heterocycles. The third-order valence-electron chi connectivity index (χ3n) is 3.52. The number of para-hydroxylation sites is 1.